The van der Waals surface area contributed by atoms with E-state index in [0.717, 1.165) is 0 Å². The van der Waals surface area contributed by atoms with Crippen LogP contribution in [0.4, 0.5) is 0 Å². The summed E-state index contributed by atoms with van der Waals surface area (Å²) in [6, 6.07) is 0. The fourth-order valence-electron chi connectivity index (χ4n) is 0. The molecule has 0 amide bonds. The molecule has 0 aliphatic rings. The van der Waals surface area contributed by atoms with E-state index in [-0.39, 0.29) is 151 Å². The quantitative estimate of drug-likeness (QED) is 0.160. The Morgan fingerprint density at radius 1 is 0.158 bits per heavy atom. The monoisotopic (exact) mass is 1430 g/mol. The maximum absolute atomic E-state index is 8.55. The molecule has 0 atom stereocenters. The van der Waals surface area contributed by atoms with E-state index in [9.17, 15) is 0 Å². The van der Waals surface area contributed by atoms with Crippen LogP contribution >= 0.6 is 78.2 Å². The molecule has 0 aliphatic heterocycles. The van der Waals surface area contributed by atoms with Gasteiger partial charge >= 0.3 is 151 Å². The second-order valence-corrected chi connectivity index (χ2v) is 13.4. The van der Waals surface area contributed by atoms with Crippen molar-refractivity contribution in [2.75, 3.05) is 0 Å². The van der Waals surface area contributed by atoms with E-state index in [0.29, 0.717) is 0 Å². The van der Waals surface area contributed by atoms with Crippen LogP contribution in [0.25, 0.3) is 0 Å². The third-order valence-corrected chi connectivity index (χ3v) is 0. The number of hydrogen-bond donors (Lipinski definition) is 0. The zero-order chi connectivity index (χ0) is 45.0. The molecule has 0 aromatic heterocycles. The summed E-state index contributed by atoms with van der Waals surface area (Å²) in [5, 5.41) is 0. The van der Waals surface area contributed by atoms with E-state index in [1.807, 2.05) is 0 Å². The van der Waals surface area contributed by atoms with Crippen LogP contribution in [-0.4, -0.2) is 0 Å². The Hall–Kier alpha value is 6.02. The maximum Gasteiger partial charge on any atom is 5.00 e. The van der Waals surface area contributed by atoms with Crippen molar-refractivity contribution in [2.24, 2.45) is 0 Å². The van der Waals surface area contributed by atoms with Crippen LogP contribution in [0, 0.1) is 0 Å². The second kappa shape index (κ2) is 53.0. The van der Waals surface area contributed by atoms with Crippen LogP contribution in [0.15, 0.2) is 0 Å². The van der Waals surface area contributed by atoms with Gasteiger partial charge in [-0.25, -0.2) is 0 Å². The zero-order valence-corrected chi connectivity index (χ0v) is 45.6. The Morgan fingerprint density at radius 2 is 0.158 bits per heavy atom. The summed E-state index contributed by atoms with van der Waals surface area (Å²) >= 11 is 0. The van der Waals surface area contributed by atoms with E-state index in [1.54, 1.807) is 0 Å². The molecule has 0 fully saturated rings. The fourth-order valence-corrected chi connectivity index (χ4v) is 0. The van der Waals surface area contributed by atoms with E-state index in [1.165, 1.54) is 0 Å². The summed E-state index contributed by atoms with van der Waals surface area (Å²) in [7, 11) is -53.9. The first-order valence-corrected chi connectivity index (χ1v) is 21.9. The van der Waals surface area contributed by atoms with Gasteiger partial charge in [0.25, 0.3) is 0 Å². The predicted octanol–water partition coefficient (Wildman–Crippen LogP) is -28.3. The molecular formula is FeO40P10V3Zr3. The minimum absolute atomic E-state index is 0. The Kier molecular flexibility index (Phi) is 106. The molecule has 57 heavy (non-hydrogen) atoms. The molecule has 325 valence electrons. The molecule has 0 spiro atoms. The molecule has 0 aromatic rings. The van der Waals surface area contributed by atoms with Gasteiger partial charge < -0.3 is 192 Å². The van der Waals surface area contributed by atoms with Crippen molar-refractivity contribution in [1.29, 1.82) is 0 Å². The van der Waals surface area contributed by atoms with Gasteiger partial charge in [-0.05, 0) is 0 Å². The predicted molar refractivity (Wildman–Crippen MR) is 76.1 cm³/mol. The van der Waals surface area contributed by atoms with E-state index in [2.05, 4.69) is 0 Å². The van der Waals surface area contributed by atoms with E-state index >= 15 is 0 Å². The molecule has 0 N–H and O–H groups in total. The zero-order valence-electron chi connectivity index (χ0n) is 24.0. The molecule has 1 radical (unpaired) electrons. The van der Waals surface area contributed by atoms with Gasteiger partial charge in [-0.15, -0.1) is 0 Å². The summed E-state index contributed by atoms with van der Waals surface area (Å²) in [6.07, 6.45) is 0. The van der Waals surface area contributed by atoms with Crippen molar-refractivity contribution in [2.45, 2.75) is 0 Å². The Bertz CT molecular complexity index is 871. The fraction of sp³-hybridized carbons (Fsp3) is 0. The van der Waals surface area contributed by atoms with Gasteiger partial charge in [0, 0.05) is 0 Å². The van der Waals surface area contributed by atoms with Crippen LogP contribution in [0.1, 0.15) is 0 Å². The largest absolute Gasteiger partial charge is 5.00 e. The van der Waals surface area contributed by atoms with E-state index < -0.39 is 78.2 Å². The first-order valence-electron chi connectivity index (χ1n) is 7.30. The molecule has 0 bridgehead atoms. The van der Waals surface area contributed by atoms with E-state index in [4.69, 9.17) is 192 Å². The topological polar surface area (TPSA) is 862 Å². The normalized spacial score (nSPS) is 10.4. The van der Waals surface area contributed by atoms with Gasteiger partial charge in [0.1, 0.15) is 0 Å². The van der Waals surface area contributed by atoms with Crippen molar-refractivity contribution in [1.82, 2.24) is 0 Å². The average molecular weight is 1430 g/mol. The smallest absolute Gasteiger partial charge is 0.822 e. The summed E-state index contributed by atoms with van der Waals surface area (Å²) < 4.78 is 85.5. The standard InChI is InChI=1S/Fe.10H3O4P.3V.3Zr/c;10*1-5(2,3)4;;;;;;/h;10*(H3,1,2,3,4);;;;;;/q+3;;;;;;;;;;;3*+5;3*+4/p-30. The van der Waals surface area contributed by atoms with Crippen molar-refractivity contribution in [3.63, 3.8) is 0 Å². The molecule has 0 rings (SSSR count). The van der Waals surface area contributed by atoms with Gasteiger partial charge in [0.05, 0.1) is 0 Å². The van der Waals surface area contributed by atoms with Crippen LogP contribution in [0.5, 0.6) is 0 Å². The first kappa shape index (κ1) is 114. The Morgan fingerprint density at radius 3 is 0.158 bits per heavy atom. The summed E-state index contributed by atoms with van der Waals surface area (Å²) in [5.41, 5.74) is 0. The molecule has 0 unspecified atom stereocenters. The summed E-state index contributed by atoms with van der Waals surface area (Å²) in [4.78, 5) is 256. The third-order valence-electron chi connectivity index (χ3n) is 0. The van der Waals surface area contributed by atoms with Crippen LogP contribution in [0.2, 0.25) is 0 Å². The van der Waals surface area contributed by atoms with Gasteiger partial charge in [-0.2, -0.15) is 78.2 Å². The van der Waals surface area contributed by atoms with Crippen LogP contribution in [0.3, 0.4) is 0 Å². The van der Waals surface area contributed by atoms with Gasteiger partial charge in [-0.3, -0.25) is 0 Å². The molecule has 0 aromatic carbocycles. The molecule has 0 saturated carbocycles. The molecule has 0 heterocycles. The molecular weight excluding hydrogens is 1430 g/mol. The summed E-state index contributed by atoms with van der Waals surface area (Å²) in [6.45, 7) is 0. The SMILES string of the molecule is O=P([O-])([O-])[O-].O=P([O-])([O-])[O-].O=P([O-])([O-])[O-].O=P([O-])([O-])[O-].O=P([O-])([O-])[O-].O=P([O-])([O-])[O-].O=P([O-])([O-])[O-].O=P([O-])([O-])[O-].O=P([O-])([O-])[O-].O=P([O-])([O-])[O-].[Fe+3].[V+5].[V+5].[V+5].[Zr+4].[Zr+4].[Zr+4]. The molecule has 40 nitrogen and oxygen atoms in total. The number of hydrogen-bond acceptors (Lipinski definition) is 40. The van der Waals surface area contributed by atoms with Crippen molar-refractivity contribution < 1.29 is 344 Å². The van der Waals surface area contributed by atoms with Crippen molar-refractivity contribution in [3.05, 3.63) is 0 Å². The Labute approximate surface area is 417 Å². The summed E-state index contributed by atoms with van der Waals surface area (Å²) in [5.74, 6) is 0. The van der Waals surface area contributed by atoms with Crippen LogP contribution < -0.4 is 147 Å². The average Bonchev–Trinajstić information content (AvgIpc) is 2.34. The van der Waals surface area contributed by atoms with Crippen molar-refractivity contribution >= 4 is 78.2 Å². The number of rotatable bonds is 0. The minimum atomic E-state index is -5.39. The molecule has 0 aliphatic carbocycles. The molecule has 57 heteroatoms. The Balaban J connectivity index is -0.0000000205. The van der Waals surface area contributed by atoms with Crippen molar-refractivity contribution in [3.8, 4) is 0 Å². The minimum Gasteiger partial charge on any atom is -0.822 e. The second-order valence-electron chi connectivity index (χ2n) is 4.47. The van der Waals surface area contributed by atoms with Gasteiger partial charge in [0.15, 0.2) is 0 Å². The first-order chi connectivity index (χ1) is 20.0. The van der Waals surface area contributed by atoms with Gasteiger partial charge in [-0.1, -0.05) is 0 Å². The van der Waals surface area contributed by atoms with Crippen LogP contribution in [-0.2, 0) is 197 Å². The van der Waals surface area contributed by atoms with Gasteiger partial charge in [0.2, 0.25) is 0 Å². The number of phosphoric acid groups is 10. The maximum atomic E-state index is 8.55. The third kappa shape index (κ3) is 6160. The molecule has 0 saturated heterocycles.